The van der Waals surface area contributed by atoms with E-state index in [4.69, 9.17) is 5.84 Å². The van der Waals surface area contributed by atoms with Crippen LogP contribution in [0.3, 0.4) is 0 Å². The highest BCUT2D eigenvalue weighted by atomic mass is 79.9. The molecule has 1 aliphatic rings. The Morgan fingerprint density at radius 3 is 2.58 bits per heavy atom. The first-order chi connectivity index (χ1) is 8.91. The zero-order valence-electron chi connectivity index (χ0n) is 10.3. The Bertz CT molecular complexity index is 444. The van der Waals surface area contributed by atoms with Gasteiger partial charge in [0.15, 0.2) is 0 Å². The number of hydrogen-bond acceptors (Lipinski definition) is 2. The van der Waals surface area contributed by atoms with Crippen molar-refractivity contribution in [2.45, 2.75) is 37.9 Å². The van der Waals surface area contributed by atoms with Crippen LogP contribution in [-0.2, 0) is 6.18 Å². The van der Waals surface area contributed by atoms with Crippen molar-refractivity contribution >= 4 is 15.9 Å². The van der Waals surface area contributed by atoms with Gasteiger partial charge in [0.25, 0.3) is 0 Å². The van der Waals surface area contributed by atoms with Crippen molar-refractivity contribution in [2.24, 2.45) is 11.8 Å². The molecule has 3 N–H and O–H groups in total. The molecule has 1 aromatic carbocycles. The monoisotopic (exact) mass is 336 g/mol. The van der Waals surface area contributed by atoms with Crippen LogP contribution in [0.15, 0.2) is 22.7 Å². The second-order valence-electron chi connectivity index (χ2n) is 4.98. The Balaban J connectivity index is 2.17. The van der Waals surface area contributed by atoms with Crippen molar-refractivity contribution in [1.82, 2.24) is 5.43 Å². The van der Waals surface area contributed by atoms with Gasteiger partial charge in [-0.3, -0.25) is 11.3 Å². The summed E-state index contributed by atoms with van der Waals surface area (Å²) in [5, 5.41) is 0. The molecule has 6 heteroatoms. The van der Waals surface area contributed by atoms with Crippen molar-refractivity contribution in [3.05, 3.63) is 33.8 Å². The normalized spacial score (nSPS) is 17.5. The maximum Gasteiger partial charge on any atom is 0.417 e. The van der Waals surface area contributed by atoms with Gasteiger partial charge in [-0.2, -0.15) is 13.2 Å². The standard InChI is InChI=1S/C13H16BrF3N2/c14-11-5-4-9(7-10(11)13(15,16)17)12(19-18)6-3-8-1-2-8/h4-5,7-8,12,19H,1-3,6,18H2. The molecule has 106 valence electrons. The van der Waals surface area contributed by atoms with Crippen molar-refractivity contribution < 1.29 is 13.2 Å². The first kappa shape index (κ1) is 14.8. The average Bonchev–Trinajstić information content (AvgIpc) is 3.14. The number of nitrogens with two attached hydrogens (primary N) is 1. The van der Waals surface area contributed by atoms with E-state index >= 15 is 0 Å². The summed E-state index contributed by atoms with van der Waals surface area (Å²) in [6.45, 7) is 0. The molecule has 1 aliphatic carbocycles. The van der Waals surface area contributed by atoms with Crippen LogP contribution in [0.2, 0.25) is 0 Å². The van der Waals surface area contributed by atoms with Crippen LogP contribution in [0.4, 0.5) is 13.2 Å². The average molecular weight is 337 g/mol. The van der Waals surface area contributed by atoms with E-state index < -0.39 is 11.7 Å². The lowest BCUT2D eigenvalue weighted by molar-refractivity contribution is -0.138. The van der Waals surface area contributed by atoms with Gasteiger partial charge in [0.2, 0.25) is 0 Å². The van der Waals surface area contributed by atoms with Crippen LogP contribution in [0.5, 0.6) is 0 Å². The third kappa shape index (κ3) is 3.94. The Labute approximate surface area is 118 Å². The summed E-state index contributed by atoms with van der Waals surface area (Å²) in [6.07, 6.45) is -0.131. The summed E-state index contributed by atoms with van der Waals surface area (Å²) in [7, 11) is 0. The molecule has 0 radical (unpaired) electrons. The number of hydrazine groups is 1. The van der Waals surface area contributed by atoms with Crippen LogP contribution >= 0.6 is 15.9 Å². The van der Waals surface area contributed by atoms with Gasteiger partial charge in [0.1, 0.15) is 0 Å². The van der Waals surface area contributed by atoms with Gasteiger partial charge in [0.05, 0.1) is 5.56 Å². The summed E-state index contributed by atoms with van der Waals surface area (Å²) in [4.78, 5) is 0. The molecule has 1 aromatic rings. The van der Waals surface area contributed by atoms with Gasteiger partial charge in [0, 0.05) is 10.5 Å². The number of rotatable bonds is 5. The van der Waals surface area contributed by atoms with E-state index in [9.17, 15) is 13.2 Å². The maximum absolute atomic E-state index is 12.8. The summed E-state index contributed by atoms with van der Waals surface area (Å²) in [6, 6.07) is 4.05. The lowest BCUT2D eigenvalue weighted by Gasteiger charge is -2.18. The summed E-state index contributed by atoms with van der Waals surface area (Å²) in [5.74, 6) is 6.20. The highest BCUT2D eigenvalue weighted by Crippen LogP contribution is 2.38. The van der Waals surface area contributed by atoms with E-state index in [0.29, 0.717) is 5.56 Å². The van der Waals surface area contributed by atoms with Gasteiger partial charge in [-0.05, 0) is 36.5 Å². The molecule has 0 aromatic heterocycles. The van der Waals surface area contributed by atoms with E-state index in [1.54, 1.807) is 6.07 Å². The van der Waals surface area contributed by atoms with Crippen molar-refractivity contribution in [2.75, 3.05) is 0 Å². The van der Waals surface area contributed by atoms with Gasteiger partial charge in [-0.1, -0.05) is 34.8 Å². The largest absolute Gasteiger partial charge is 0.417 e. The fourth-order valence-electron chi connectivity index (χ4n) is 2.13. The summed E-state index contributed by atoms with van der Waals surface area (Å²) >= 11 is 2.94. The Morgan fingerprint density at radius 2 is 2.05 bits per heavy atom. The Morgan fingerprint density at radius 1 is 1.37 bits per heavy atom. The lowest BCUT2D eigenvalue weighted by Crippen LogP contribution is -2.28. The smallest absolute Gasteiger partial charge is 0.271 e. The van der Waals surface area contributed by atoms with Gasteiger partial charge < -0.3 is 0 Å². The molecule has 0 heterocycles. The molecule has 0 bridgehead atoms. The molecule has 0 saturated heterocycles. The number of benzene rings is 1. The van der Waals surface area contributed by atoms with Crippen molar-refractivity contribution in [3.8, 4) is 0 Å². The van der Waals surface area contributed by atoms with E-state index in [2.05, 4.69) is 21.4 Å². The maximum atomic E-state index is 12.8. The van der Waals surface area contributed by atoms with Crippen LogP contribution in [0, 0.1) is 5.92 Å². The van der Waals surface area contributed by atoms with Gasteiger partial charge in [-0.15, -0.1) is 0 Å². The Hall–Kier alpha value is -0.590. The molecule has 19 heavy (non-hydrogen) atoms. The molecule has 2 rings (SSSR count). The van der Waals surface area contributed by atoms with Crippen LogP contribution < -0.4 is 11.3 Å². The number of hydrogen-bond donors (Lipinski definition) is 2. The SMILES string of the molecule is NNC(CCC1CC1)c1ccc(Br)c(C(F)(F)F)c1. The second kappa shape index (κ2) is 5.81. The van der Waals surface area contributed by atoms with Crippen LogP contribution in [-0.4, -0.2) is 0 Å². The van der Waals surface area contributed by atoms with E-state index in [0.717, 1.165) is 18.8 Å². The predicted molar refractivity (Wildman–Crippen MR) is 71.2 cm³/mol. The predicted octanol–water partition coefficient (Wildman–Crippen LogP) is 4.16. The lowest BCUT2D eigenvalue weighted by atomic mass is 9.99. The van der Waals surface area contributed by atoms with Crippen molar-refractivity contribution in [1.29, 1.82) is 0 Å². The summed E-state index contributed by atoms with van der Waals surface area (Å²) in [5.41, 5.74) is 2.54. The van der Waals surface area contributed by atoms with Gasteiger partial charge >= 0.3 is 6.18 Å². The molecule has 1 saturated carbocycles. The first-order valence-corrected chi connectivity index (χ1v) is 7.04. The summed E-state index contributed by atoms with van der Waals surface area (Å²) < 4.78 is 38.6. The number of alkyl halides is 3. The van der Waals surface area contributed by atoms with E-state index in [1.807, 2.05) is 0 Å². The molecular formula is C13H16BrF3N2. The molecule has 0 spiro atoms. The van der Waals surface area contributed by atoms with E-state index in [-0.39, 0.29) is 10.5 Å². The quantitative estimate of drug-likeness (QED) is 0.625. The zero-order chi connectivity index (χ0) is 14.0. The Kier molecular flexibility index (Phi) is 4.53. The second-order valence-corrected chi connectivity index (χ2v) is 5.83. The highest BCUT2D eigenvalue weighted by molar-refractivity contribution is 9.10. The minimum absolute atomic E-state index is 0.0571. The fraction of sp³-hybridized carbons (Fsp3) is 0.538. The molecule has 1 atom stereocenters. The van der Waals surface area contributed by atoms with Crippen molar-refractivity contribution in [3.63, 3.8) is 0 Å². The minimum Gasteiger partial charge on any atom is -0.271 e. The third-order valence-electron chi connectivity index (χ3n) is 3.46. The van der Waals surface area contributed by atoms with Crippen LogP contribution in [0.1, 0.15) is 42.9 Å². The molecule has 0 aliphatic heterocycles. The first-order valence-electron chi connectivity index (χ1n) is 6.24. The van der Waals surface area contributed by atoms with E-state index in [1.165, 1.54) is 25.0 Å². The van der Waals surface area contributed by atoms with Crippen LogP contribution in [0.25, 0.3) is 0 Å². The topological polar surface area (TPSA) is 38.0 Å². The number of nitrogens with one attached hydrogen (secondary N) is 1. The number of halogens is 4. The molecule has 2 nitrogen and oxygen atoms in total. The zero-order valence-corrected chi connectivity index (χ0v) is 11.9. The molecule has 1 unspecified atom stereocenters. The minimum atomic E-state index is -4.36. The highest BCUT2D eigenvalue weighted by Gasteiger charge is 2.33. The molecule has 0 amide bonds. The molecule has 1 fully saturated rings. The third-order valence-corrected chi connectivity index (χ3v) is 4.15. The molecular weight excluding hydrogens is 321 g/mol. The fourth-order valence-corrected chi connectivity index (χ4v) is 2.60. The van der Waals surface area contributed by atoms with Gasteiger partial charge in [-0.25, -0.2) is 0 Å².